The van der Waals surface area contributed by atoms with Gasteiger partial charge in [-0.2, -0.15) is 13.2 Å². The van der Waals surface area contributed by atoms with Crippen molar-refractivity contribution in [2.75, 3.05) is 0 Å². The molecule has 2 atom stereocenters. The van der Waals surface area contributed by atoms with Crippen LogP contribution in [0.1, 0.15) is 17.7 Å². The summed E-state index contributed by atoms with van der Waals surface area (Å²) in [7, 11) is -7.39. The van der Waals surface area contributed by atoms with Crippen molar-refractivity contribution in [1.82, 2.24) is 10.3 Å². The van der Waals surface area contributed by atoms with E-state index in [-0.39, 0.29) is 17.8 Å². The number of halogens is 5. The first-order valence-corrected chi connectivity index (χ1v) is 20.1. The largest absolute Gasteiger partial charge is 0.471 e. The Labute approximate surface area is 308 Å². The lowest BCUT2D eigenvalue weighted by Crippen LogP contribution is -2.45. The average molecular weight is 772 g/mol. The molecule has 8 rings (SSSR count). The molecule has 5 aromatic carbocycles. The third-order valence-electron chi connectivity index (χ3n) is 9.79. The minimum absolute atomic E-state index is 0.175. The molecule has 1 aliphatic carbocycles. The summed E-state index contributed by atoms with van der Waals surface area (Å²) in [5, 5.41) is 0.0868. The van der Waals surface area contributed by atoms with Crippen LogP contribution in [0.3, 0.4) is 0 Å². The van der Waals surface area contributed by atoms with Crippen molar-refractivity contribution in [3.8, 4) is 0 Å². The maximum Gasteiger partial charge on any atom is 0.471 e. The number of sulfone groups is 1. The number of benzene rings is 5. The topological polar surface area (TPSA) is 91.4 Å². The number of alkyl halides is 3. The number of hydrogen-bond donors (Lipinski definition) is 2. The van der Waals surface area contributed by atoms with Gasteiger partial charge in [-0.1, -0.05) is 72.8 Å². The molecule has 0 saturated heterocycles. The molecule has 0 radical (unpaired) electrons. The summed E-state index contributed by atoms with van der Waals surface area (Å²) in [6, 6.07) is 37.5. The van der Waals surface area contributed by atoms with Crippen molar-refractivity contribution in [2.24, 2.45) is 4.99 Å². The minimum Gasteiger partial charge on any atom is -0.358 e. The van der Waals surface area contributed by atoms with Gasteiger partial charge >= 0.3 is 12.1 Å². The van der Waals surface area contributed by atoms with E-state index in [1.165, 1.54) is 0 Å². The fourth-order valence-corrected chi connectivity index (χ4v) is 13.7. The third kappa shape index (κ3) is 5.91. The fraction of sp³-hybridized carbons (Fsp3) is 0.122. The van der Waals surface area contributed by atoms with Crippen LogP contribution in [-0.4, -0.2) is 41.9 Å². The number of nitrogens with one attached hydrogen (secondary N) is 2. The number of amidine groups is 1. The molecule has 1 aliphatic heterocycles. The van der Waals surface area contributed by atoms with Crippen LogP contribution in [0.15, 0.2) is 164 Å². The lowest BCUT2D eigenvalue weighted by molar-refractivity contribution is -0.171. The van der Waals surface area contributed by atoms with Crippen LogP contribution in [0.4, 0.5) is 22.0 Å². The lowest BCUT2D eigenvalue weighted by atomic mass is 9.84. The highest BCUT2D eigenvalue weighted by molar-refractivity contribution is 8.34. The van der Waals surface area contributed by atoms with Gasteiger partial charge in [0.2, 0.25) is 0 Å². The van der Waals surface area contributed by atoms with Crippen molar-refractivity contribution < 1.29 is 35.2 Å². The van der Waals surface area contributed by atoms with Gasteiger partial charge in [0.05, 0.1) is 10.1 Å². The Kier molecular flexibility index (Phi) is 8.81. The average Bonchev–Trinajstić information content (AvgIpc) is 3.54. The number of aromatic nitrogens is 1. The van der Waals surface area contributed by atoms with Crippen molar-refractivity contribution >= 4 is 48.1 Å². The van der Waals surface area contributed by atoms with E-state index in [9.17, 15) is 35.2 Å². The molecule has 2 N–H and O–H groups in total. The predicted octanol–water partition coefficient (Wildman–Crippen LogP) is 9.39. The molecule has 0 bridgehead atoms. The molecule has 2 heterocycles. The van der Waals surface area contributed by atoms with Crippen molar-refractivity contribution in [3.63, 3.8) is 0 Å². The lowest BCUT2D eigenvalue weighted by Gasteiger charge is -2.49. The molecule has 274 valence electrons. The van der Waals surface area contributed by atoms with E-state index in [2.05, 4.69) is 4.98 Å². The highest BCUT2D eigenvalue weighted by Crippen LogP contribution is 2.75. The molecule has 0 saturated carbocycles. The molecule has 54 heavy (non-hydrogen) atoms. The SMILES string of the molecule is O=C(NC1=NC(S(c2ccccc2)(c2ccccc2)c2ccccc2)C2=C(C1)C(S(=O)(=O)c1cc(F)cc(F)c1)Cc1[nH]c3ccccc3c12)C(F)(F)F. The summed E-state index contributed by atoms with van der Waals surface area (Å²) >= 11 is 0. The number of H-pyrrole nitrogens is 1. The summed E-state index contributed by atoms with van der Waals surface area (Å²) in [5.41, 5.74) is 2.48. The predicted molar refractivity (Wildman–Crippen MR) is 198 cm³/mol. The van der Waals surface area contributed by atoms with E-state index < -0.39 is 65.5 Å². The first-order chi connectivity index (χ1) is 25.9. The van der Waals surface area contributed by atoms with Crippen LogP contribution >= 0.6 is 10.0 Å². The van der Waals surface area contributed by atoms with Crippen LogP contribution in [0, 0.1) is 11.6 Å². The van der Waals surface area contributed by atoms with Crippen LogP contribution in [-0.2, 0) is 21.1 Å². The second-order valence-corrected chi connectivity index (χ2v) is 18.3. The van der Waals surface area contributed by atoms with E-state index in [0.29, 0.717) is 28.4 Å². The quantitative estimate of drug-likeness (QED) is 0.166. The van der Waals surface area contributed by atoms with Gasteiger partial charge in [-0.15, -0.1) is 10.0 Å². The van der Waals surface area contributed by atoms with Gasteiger partial charge in [-0.05, 0) is 65.7 Å². The van der Waals surface area contributed by atoms with Gasteiger partial charge in [-0.3, -0.25) is 9.79 Å². The molecular formula is C41H30F5N3O3S2. The van der Waals surface area contributed by atoms with E-state index in [0.717, 1.165) is 32.2 Å². The maximum absolute atomic E-state index is 14.7. The number of fused-ring (bicyclic) bond motifs is 4. The summed E-state index contributed by atoms with van der Waals surface area (Å²) in [6.07, 6.45) is -5.96. The Morgan fingerprint density at radius 2 is 1.24 bits per heavy atom. The number of amides is 1. The van der Waals surface area contributed by atoms with Gasteiger partial charge in [0, 0.05) is 55.8 Å². The Morgan fingerprint density at radius 3 is 1.78 bits per heavy atom. The summed E-state index contributed by atoms with van der Waals surface area (Å²) in [5.74, 6) is -4.85. The molecule has 13 heteroatoms. The first-order valence-electron chi connectivity index (χ1n) is 16.8. The number of para-hydroxylation sites is 1. The van der Waals surface area contributed by atoms with Gasteiger partial charge in [0.25, 0.3) is 0 Å². The van der Waals surface area contributed by atoms with Crippen molar-refractivity contribution in [3.05, 3.63) is 162 Å². The van der Waals surface area contributed by atoms with Gasteiger partial charge in [0.1, 0.15) is 22.8 Å². The first kappa shape index (κ1) is 35.5. The Bertz CT molecular complexity index is 2470. The van der Waals surface area contributed by atoms with E-state index in [1.54, 1.807) is 0 Å². The number of aromatic amines is 1. The number of hydrogen-bond acceptors (Lipinski definition) is 4. The maximum atomic E-state index is 14.7. The van der Waals surface area contributed by atoms with Crippen molar-refractivity contribution in [2.45, 2.75) is 49.2 Å². The van der Waals surface area contributed by atoms with Crippen LogP contribution in [0.5, 0.6) is 0 Å². The Morgan fingerprint density at radius 1 is 0.722 bits per heavy atom. The molecule has 0 fully saturated rings. The standard InChI is InChI=1S/C41H30F5N3O3S2/c42-25-20-26(43)22-30(21-25)54(51,52)35-24-34-37(31-18-10-11-19-33(31)47-34)38-32(35)23-36(49-40(50)41(44,45)46)48-39(38)53(27-12-4-1-5-13-27,28-14-6-2-7-15-28)29-16-8-3-9-17-29/h1-22,35,39,47H,23-24H2,(H,48,49,50). The molecule has 6 aromatic rings. The summed E-state index contributed by atoms with van der Waals surface area (Å²) < 4.78 is 101. The van der Waals surface area contributed by atoms with Gasteiger partial charge in [-0.25, -0.2) is 17.2 Å². The Hall–Kier alpha value is -5.53. The van der Waals surface area contributed by atoms with E-state index in [1.807, 2.05) is 121 Å². The number of nitrogens with zero attached hydrogens (tertiary/aromatic N) is 1. The summed E-state index contributed by atoms with van der Waals surface area (Å²) in [4.78, 5) is 22.8. The second kappa shape index (κ2) is 13.4. The number of aliphatic imine (C=N–C) groups is 1. The number of dihydropyridines is 1. The van der Waals surface area contributed by atoms with Gasteiger partial charge in [0.15, 0.2) is 9.84 Å². The minimum atomic E-state index is -5.28. The zero-order chi connectivity index (χ0) is 37.8. The molecule has 1 aromatic heterocycles. The number of rotatable bonds is 6. The highest BCUT2D eigenvalue weighted by Gasteiger charge is 2.50. The molecule has 2 aliphatic rings. The summed E-state index contributed by atoms with van der Waals surface area (Å²) in [6.45, 7) is 0. The molecule has 6 nitrogen and oxygen atoms in total. The van der Waals surface area contributed by atoms with Crippen LogP contribution < -0.4 is 5.32 Å². The number of carbonyl (C=O) groups is 1. The van der Waals surface area contributed by atoms with Crippen LogP contribution in [0.2, 0.25) is 0 Å². The molecule has 2 unspecified atom stereocenters. The molecule has 1 amide bonds. The van der Waals surface area contributed by atoms with Crippen molar-refractivity contribution in [1.29, 1.82) is 0 Å². The van der Waals surface area contributed by atoms with E-state index >= 15 is 0 Å². The normalized spacial score (nSPS) is 17.8. The second-order valence-electron chi connectivity index (χ2n) is 13.0. The highest BCUT2D eigenvalue weighted by atomic mass is 32.3. The smallest absolute Gasteiger partial charge is 0.358 e. The van der Waals surface area contributed by atoms with Crippen LogP contribution in [0.25, 0.3) is 16.5 Å². The third-order valence-corrected chi connectivity index (χ3v) is 15.9. The molecule has 0 spiro atoms. The zero-order valence-electron chi connectivity index (χ0n) is 28.1. The fourth-order valence-electron chi connectivity index (χ4n) is 7.61. The monoisotopic (exact) mass is 771 g/mol. The zero-order valence-corrected chi connectivity index (χ0v) is 29.8. The van der Waals surface area contributed by atoms with Gasteiger partial charge < -0.3 is 10.3 Å². The van der Waals surface area contributed by atoms with E-state index in [4.69, 9.17) is 4.99 Å². The number of carbonyl (C=O) groups excluding carboxylic acids is 1. The Balaban J connectivity index is 1.52. The molecular weight excluding hydrogens is 742 g/mol.